The Kier molecular flexibility index (Phi) is 4.09. The van der Waals surface area contributed by atoms with E-state index in [2.05, 4.69) is 32.1 Å². The minimum Gasteiger partial charge on any atom is -0.370 e. The van der Waals surface area contributed by atoms with Crippen molar-refractivity contribution in [1.82, 2.24) is 0 Å². The first-order chi connectivity index (χ1) is 5.79. The van der Waals surface area contributed by atoms with Gasteiger partial charge in [-0.25, -0.2) is 0 Å². The Morgan fingerprint density at radius 3 is 3.00 bits per heavy atom. The number of hydrogen-bond acceptors (Lipinski definition) is 1. The highest BCUT2D eigenvalue weighted by Crippen LogP contribution is 2.13. The SMILES string of the molecule is CC(C)=CCOC1C=CCCC1. The molecule has 0 N–H and O–H groups in total. The average Bonchev–Trinajstić information content (AvgIpc) is 2.05. The quantitative estimate of drug-likeness (QED) is 0.585. The van der Waals surface area contributed by atoms with E-state index in [1.165, 1.54) is 24.8 Å². The van der Waals surface area contributed by atoms with Gasteiger partial charge in [-0.05, 0) is 33.1 Å². The molecule has 0 heterocycles. The van der Waals surface area contributed by atoms with Crippen molar-refractivity contribution in [3.63, 3.8) is 0 Å². The van der Waals surface area contributed by atoms with Crippen LogP contribution >= 0.6 is 0 Å². The molecule has 0 aromatic carbocycles. The highest BCUT2D eigenvalue weighted by atomic mass is 16.5. The van der Waals surface area contributed by atoms with Crippen LogP contribution in [0.25, 0.3) is 0 Å². The molecule has 12 heavy (non-hydrogen) atoms. The fraction of sp³-hybridized carbons (Fsp3) is 0.636. The molecular formula is C11H18O. The lowest BCUT2D eigenvalue weighted by atomic mass is 10.1. The molecule has 1 rings (SSSR count). The van der Waals surface area contributed by atoms with Crippen molar-refractivity contribution >= 4 is 0 Å². The Morgan fingerprint density at radius 2 is 2.42 bits per heavy atom. The molecule has 1 aliphatic carbocycles. The van der Waals surface area contributed by atoms with Gasteiger partial charge >= 0.3 is 0 Å². The summed E-state index contributed by atoms with van der Waals surface area (Å²) in [6, 6.07) is 0. The van der Waals surface area contributed by atoms with Gasteiger partial charge in [0.25, 0.3) is 0 Å². The molecule has 1 heteroatoms. The smallest absolute Gasteiger partial charge is 0.0760 e. The van der Waals surface area contributed by atoms with Gasteiger partial charge in [0.15, 0.2) is 0 Å². The summed E-state index contributed by atoms with van der Waals surface area (Å²) in [6.07, 6.45) is 10.6. The summed E-state index contributed by atoms with van der Waals surface area (Å²) in [5, 5.41) is 0. The van der Waals surface area contributed by atoms with Gasteiger partial charge in [0, 0.05) is 0 Å². The summed E-state index contributed by atoms with van der Waals surface area (Å²) in [5.74, 6) is 0. The van der Waals surface area contributed by atoms with E-state index in [9.17, 15) is 0 Å². The fourth-order valence-corrected chi connectivity index (χ4v) is 1.26. The van der Waals surface area contributed by atoms with Crippen LogP contribution in [0.5, 0.6) is 0 Å². The molecule has 0 aromatic heterocycles. The lowest BCUT2D eigenvalue weighted by molar-refractivity contribution is 0.0976. The second kappa shape index (κ2) is 5.15. The first-order valence-corrected chi connectivity index (χ1v) is 4.70. The second-order valence-corrected chi connectivity index (χ2v) is 3.51. The summed E-state index contributed by atoms with van der Waals surface area (Å²) in [7, 11) is 0. The van der Waals surface area contributed by atoms with E-state index in [0.29, 0.717) is 6.10 Å². The molecule has 1 aliphatic rings. The third-order valence-corrected chi connectivity index (χ3v) is 2.01. The molecule has 0 aromatic rings. The highest BCUT2D eigenvalue weighted by Gasteiger charge is 2.06. The standard InChI is InChI=1S/C11H18O/c1-10(2)8-9-12-11-6-4-3-5-7-11/h4,6,8,11H,3,5,7,9H2,1-2H3. The molecular weight excluding hydrogens is 148 g/mol. The Morgan fingerprint density at radius 1 is 1.58 bits per heavy atom. The Labute approximate surface area is 75.1 Å². The van der Waals surface area contributed by atoms with Gasteiger partial charge < -0.3 is 4.74 Å². The van der Waals surface area contributed by atoms with Crippen LogP contribution in [0.4, 0.5) is 0 Å². The minimum atomic E-state index is 0.370. The molecule has 0 fully saturated rings. The van der Waals surface area contributed by atoms with Gasteiger partial charge in [-0.15, -0.1) is 0 Å². The van der Waals surface area contributed by atoms with Crippen molar-refractivity contribution in [3.05, 3.63) is 23.8 Å². The number of rotatable bonds is 3. The van der Waals surface area contributed by atoms with E-state index in [-0.39, 0.29) is 0 Å². The summed E-state index contributed by atoms with van der Waals surface area (Å²) >= 11 is 0. The van der Waals surface area contributed by atoms with Crippen molar-refractivity contribution in [1.29, 1.82) is 0 Å². The summed E-state index contributed by atoms with van der Waals surface area (Å²) < 4.78 is 5.63. The largest absolute Gasteiger partial charge is 0.370 e. The van der Waals surface area contributed by atoms with Gasteiger partial charge in [-0.1, -0.05) is 23.8 Å². The Bertz CT molecular complexity index is 175. The monoisotopic (exact) mass is 166 g/mol. The molecule has 0 radical (unpaired) electrons. The highest BCUT2D eigenvalue weighted by molar-refractivity contribution is 4.96. The van der Waals surface area contributed by atoms with Gasteiger partial charge in [0.05, 0.1) is 12.7 Å². The Balaban J connectivity index is 2.18. The van der Waals surface area contributed by atoms with Crippen molar-refractivity contribution in [3.8, 4) is 0 Å². The zero-order valence-electron chi connectivity index (χ0n) is 8.05. The maximum Gasteiger partial charge on any atom is 0.0760 e. The first kappa shape index (κ1) is 9.53. The van der Waals surface area contributed by atoms with Crippen LogP contribution in [0.2, 0.25) is 0 Å². The van der Waals surface area contributed by atoms with Gasteiger partial charge in [-0.3, -0.25) is 0 Å². The lowest BCUT2D eigenvalue weighted by Gasteiger charge is -2.15. The van der Waals surface area contributed by atoms with E-state index in [1.54, 1.807) is 0 Å². The van der Waals surface area contributed by atoms with Crippen molar-refractivity contribution in [2.75, 3.05) is 6.61 Å². The maximum absolute atomic E-state index is 5.63. The van der Waals surface area contributed by atoms with Crippen LogP contribution in [0, 0.1) is 0 Å². The molecule has 0 bridgehead atoms. The molecule has 1 atom stereocenters. The predicted molar refractivity (Wildman–Crippen MR) is 52.2 cm³/mol. The third-order valence-electron chi connectivity index (χ3n) is 2.01. The van der Waals surface area contributed by atoms with Crippen LogP contribution in [0.1, 0.15) is 33.1 Å². The zero-order chi connectivity index (χ0) is 8.81. The average molecular weight is 166 g/mol. The number of ether oxygens (including phenoxy) is 1. The van der Waals surface area contributed by atoms with Crippen LogP contribution in [-0.4, -0.2) is 12.7 Å². The van der Waals surface area contributed by atoms with E-state index in [4.69, 9.17) is 4.74 Å². The molecule has 1 nitrogen and oxygen atoms in total. The number of hydrogen-bond donors (Lipinski definition) is 0. The zero-order valence-corrected chi connectivity index (χ0v) is 8.05. The summed E-state index contributed by atoms with van der Waals surface area (Å²) in [5.41, 5.74) is 1.33. The fourth-order valence-electron chi connectivity index (χ4n) is 1.26. The second-order valence-electron chi connectivity index (χ2n) is 3.51. The Hall–Kier alpha value is -0.560. The van der Waals surface area contributed by atoms with Gasteiger partial charge in [-0.2, -0.15) is 0 Å². The van der Waals surface area contributed by atoms with Crippen LogP contribution in [-0.2, 0) is 4.74 Å². The van der Waals surface area contributed by atoms with E-state index >= 15 is 0 Å². The minimum absolute atomic E-state index is 0.370. The van der Waals surface area contributed by atoms with Crippen molar-refractivity contribution < 1.29 is 4.74 Å². The molecule has 0 spiro atoms. The van der Waals surface area contributed by atoms with Crippen molar-refractivity contribution in [2.45, 2.75) is 39.2 Å². The van der Waals surface area contributed by atoms with Crippen LogP contribution in [0.15, 0.2) is 23.8 Å². The molecule has 0 saturated heterocycles. The molecule has 68 valence electrons. The first-order valence-electron chi connectivity index (χ1n) is 4.70. The van der Waals surface area contributed by atoms with Gasteiger partial charge in [0.1, 0.15) is 0 Å². The van der Waals surface area contributed by atoms with E-state index < -0.39 is 0 Å². The summed E-state index contributed by atoms with van der Waals surface area (Å²) in [6.45, 7) is 4.96. The third kappa shape index (κ3) is 3.72. The predicted octanol–water partition coefficient (Wildman–Crippen LogP) is 3.08. The maximum atomic E-state index is 5.63. The van der Waals surface area contributed by atoms with E-state index in [1.807, 2.05) is 0 Å². The van der Waals surface area contributed by atoms with Crippen LogP contribution in [0.3, 0.4) is 0 Å². The molecule has 1 unspecified atom stereocenters. The molecule has 0 amide bonds. The molecule has 0 saturated carbocycles. The van der Waals surface area contributed by atoms with Gasteiger partial charge in [0.2, 0.25) is 0 Å². The lowest BCUT2D eigenvalue weighted by Crippen LogP contribution is -2.12. The van der Waals surface area contributed by atoms with Crippen molar-refractivity contribution in [2.24, 2.45) is 0 Å². The number of allylic oxidation sites excluding steroid dienone is 2. The topological polar surface area (TPSA) is 9.23 Å². The summed E-state index contributed by atoms with van der Waals surface area (Å²) in [4.78, 5) is 0. The van der Waals surface area contributed by atoms with E-state index in [0.717, 1.165) is 6.61 Å². The molecule has 0 aliphatic heterocycles. The van der Waals surface area contributed by atoms with Crippen LogP contribution < -0.4 is 0 Å². The normalized spacial score (nSPS) is 22.3.